The predicted octanol–water partition coefficient (Wildman–Crippen LogP) is -0.416. The summed E-state index contributed by atoms with van der Waals surface area (Å²) in [5, 5.41) is 3.15. The monoisotopic (exact) mass is 262 g/mol. The van der Waals surface area contributed by atoms with Crippen molar-refractivity contribution >= 4 is 11.8 Å². The van der Waals surface area contributed by atoms with Gasteiger partial charge in [0.1, 0.15) is 11.7 Å². The van der Waals surface area contributed by atoms with Crippen LogP contribution in [0.1, 0.15) is 10.5 Å². The number of likely N-dealkylation sites (N-methyl/N-ethyl adjacent to an activating group) is 1. The van der Waals surface area contributed by atoms with Crippen molar-refractivity contribution in [1.29, 1.82) is 0 Å². The second-order valence-corrected chi connectivity index (χ2v) is 4.67. The van der Waals surface area contributed by atoms with Crippen LogP contribution in [0, 0.1) is 0 Å². The first-order valence-corrected chi connectivity index (χ1v) is 6.25. The van der Waals surface area contributed by atoms with Crippen LogP contribution in [0.5, 0.6) is 0 Å². The van der Waals surface area contributed by atoms with E-state index in [1.165, 1.54) is 4.90 Å². The van der Waals surface area contributed by atoms with E-state index in [0.717, 1.165) is 0 Å². The zero-order chi connectivity index (χ0) is 13.8. The lowest BCUT2D eigenvalue weighted by molar-refractivity contribution is -0.134. The molecule has 0 radical (unpaired) electrons. The topological polar surface area (TPSA) is 65.5 Å². The third kappa shape index (κ3) is 2.90. The average Bonchev–Trinajstić information content (AvgIpc) is 2.46. The van der Waals surface area contributed by atoms with Gasteiger partial charge < -0.3 is 15.1 Å². The molecule has 1 N–H and O–H groups in total. The minimum absolute atomic E-state index is 0.0727. The van der Waals surface area contributed by atoms with E-state index in [-0.39, 0.29) is 11.8 Å². The predicted molar refractivity (Wildman–Crippen MR) is 70.6 cm³/mol. The highest BCUT2D eigenvalue weighted by molar-refractivity contribution is 5.96. The fourth-order valence-corrected chi connectivity index (χ4v) is 2.10. The highest BCUT2D eigenvalue weighted by Gasteiger charge is 2.33. The van der Waals surface area contributed by atoms with Crippen LogP contribution >= 0.6 is 0 Å². The van der Waals surface area contributed by atoms with Gasteiger partial charge in [-0.25, -0.2) is 0 Å². The highest BCUT2D eigenvalue weighted by Crippen LogP contribution is 2.10. The van der Waals surface area contributed by atoms with Gasteiger partial charge in [0.15, 0.2) is 0 Å². The van der Waals surface area contributed by atoms with Gasteiger partial charge in [-0.2, -0.15) is 0 Å². The van der Waals surface area contributed by atoms with E-state index in [4.69, 9.17) is 0 Å². The minimum Gasteiger partial charge on any atom is -0.347 e. The van der Waals surface area contributed by atoms with Crippen LogP contribution < -0.4 is 5.32 Å². The molecule has 0 bridgehead atoms. The van der Waals surface area contributed by atoms with E-state index < -0.39 is 6.04 Å². The number of carbonyl (C=O) groups is 2. The number of amides is 2. The number of rotatable bonds is 2. The summed E-state index contributed by atoms with van der Waals surface area (Å²) in [6, 6.07) is 4.74. The van der Waals surface area contributed by atoms with Crippen molar-refractivity contribution in [3.63, 3.8) is 0 Å². The first-order valence-electron chi connectivity index (χ1n) is 6.25. The molecule has 0 spiro atoms. The quantitative estimate of drug-likeness (QED) is 0.786. The zero-order valence-corrected chi connectivity index (χ0v) is 11.2. The number of nitrogens with one attached hydrogen (secondary N) is 1. The Kier molecular flexibility index (Phi) is 4.11. The molecular weight excluding hydrogens is 244 g/mol. The Labute approximate surface area is 112 Å². The largest absolute Gasteiger partial charge is 0.347 e. The lowest BCUT2D eigenvalue weighted by Crippen LogP contribution is -2.59. The van der Waals surface area contributed by atoms with E-state index in [1.807, 2.05) is 0 Å². The molecule has 0 aromatic carbocycles. The second-order valence-electron chi connectivity index (χ2n) is 4.67. The minimum atomic E-state index is -0.460. The number of hydrogen-bond acceptors (Lipinski definition) is 4. The Hall–Kier alpha value is -1.95. The summed E-state index contributed by atoms with van der Waals surface area (Å²) in [4.78, 5) is 31.7. The fourth-order valence-electron chi connectivity index (χ4n) is 2.10. The molecule has 2 heterocycles. The number of carbonyl (C=O) groups excluding carboxylic acids is 2. The Morgan fingerprint density at radius 3 is 2.84 bits per heavy atom. The molecule has 1 fully saturated rings. The van der Waals surface area contributed by atoms with Gasteiger partial charge in [-0.05, 0) is 12.1 Å². The lowest BCUT2D eigenvalue weighted by atomic mass is 10.1. The maximum atomic E-state index is 12.4. The lowest BCUT2D eigenvalue weighted by Gasteiger charge is -2.36. The van der Waals surface area contributed by atoms with Crippen LogP contribution in [-0.2, 0) is 4.79 Å². The normalized spacial score (nSPS) is 19.1. The maximum Gasteiger partial charge on any atom is 0.273 e. The maximum absolute atomic E-state index is 12.4. The molecule has 1 saturated heterocycles. The summed E-state index contributed by atoms with van der Waals surface area (Å²) in [7, 11) is 3.39. The molecule has 1 atom stereocenters. The average molecular weight is 262 g/mol. The van der Waals surface area contributed by atoms with E-state index in [0.29, 0.717) is 25.3 Å². The molecule has 1 aliphatic rings. The van der Waals surface area contributed by atoms with Gasteiger partial charge in [0.25, 0.3) is 5.91 Å². The number of piperazine rings is 1. The molecule has 1 unspecified atom stereocenters. The van der Waals surface area contributed by atoms with E-state index in [1.54, 1.807) is 43.4 Å². The number of pyridine rings is 1. The number of aromatic nitrogens is 1. The van der Waals surface area contributed by atoms with Crippen molar-refractivity contribution in [3.8, 4) is 0 Å². The molecule has 1 aromatic heterocycles. The van der Waals surface area contributed by atoms with Gasteiger partial charge in [0.2, 0.25) is 5.91 Å². The first kappa shape index (κ1) is 13.5. The van der Waals surface area contributed by atoms with Gasteiger partial charge in [0, 0.05) is 39.9 Å². The summed E-state index contributed by atoms with van der Waals surface area (Å²) in [5.74, 6) is -0.265. The Balaban J connectivity index is 2.20. The molecule has 1 aliphatic heterocycles. The van der Waals surface area contributed by atoms with Crippen molar-refractivity contribution in [2.75, 3.05) is 33.7 Å². The standard InChI is InChI=1S/C13H18N4O2/c1-16(2)13(19)11-9-14-7-8-17(11)12(18)10-5-3-4-6-15-10/h3-6,11,14H,7-9H2,1-2H3. The molecule has 0 saturated carbocycles. The molecule has 1 aromatic rings. The smallest absolute Gasteiger partial charge is 0.273 e. The van der Waals surface area contributed by atoms with Gasteiger partial charge in [-0.15, -0.1) is 0 Å². The fraction of sp³-hybridized carbons (Fsp3) is 0.462. The highest BCUT2D eigenvalue weighted by atomic mass is 16.2. The zero-order valence-electron chi connectivity index (χ0n) is 11.2. The number of nitrogens with zero attached hydrogens (tertiary/aromatic N) is 3. The van der Waals surface area contributed by atoms with Crippen LogP contribution in [0.25, 0.3) is 0 Å². The van der Waals surface area contributed by atoms with Gasteiger partial charge in [-0.1, -0.05) is 6.07 Å². The molecular formula is C13H18N4O2. The van der Waals surface area contributed by atoms with Gasteiger partial charge in [-0.3, -0.25) is 14.6 Å². The third-order valence-electron chi connectivity index (χ3n) is 3.11. The van der Waals surface area contributed by atoms with Crippen molar-refractivity contribution in [3.05, 3.63) is 30.1 Å². The summed E-state index contributed by atoms with van der Waals surface area (Å²) >= 11 is 0. The van der Waals surface area contributed by atoms with Crippen molar-refractivity contribution in [2.24, 2.45) is 0 Å². The Morgan fingerprint density at radius 1 is 1.42 bits per heavy atom. The molecule has 102 valence electrons. The van der Waals surface area contributed by atoms with Crippen molar-refractivity contribution in [2.45, 2.75) is 6.04 Å². The third-order valence-corrected chi connectivity index (χ3v) is 3.11. The van der Waals surface area contributed by atoms with Crippen molar-refractivity contribution < 1.29 is 9.59 Å². The summed E-state index contributed by atoms with van der Waals surface area (Å²) < 4.78 is 0. The molecule has 6 heteroatoms. The molecule has 2 rings (SSSR count). The number of hydrogen-bond donors (Lipinski definition) is 1. The van der Waals surface area contributed by atoms with Crippen LogP contribution in [0.15, 0.2) is 24.4 Å². The SMILES string of the molecule is CN(C)C(=O)C1CNCCN1C(=O)c1ccccn1. The van der Waals surface area contributed by atoms with E-state index >= 15 is 0 Å². The molecule has 2 amide bonds. The van der Waals surface area contributed by atoms with Crippen LogP contribution in [-0.4, -0.2) is 66.4 Å². The van der Waals surface area contributed by atoms with Gasteiger partial charge >= 0.3 is 0 Å². The second kappa shape index (κ2) is 5.79. The van der Waals surface area contributed by atoms with Crippen LogP contribution in [0.2, 0.25) is 0 Å². The summed E-state index contributed by atoms with van der Waals surface area (Å²) in [6.07, 6.45) is 1.58. The van der Waals surface area contributed by atoms with Crippen LogP contribution in [0.4, 0.5) is 0 Å². The van der Waals surface area contributed by atoms with E-state index in [9.17, 15) is 9.59 Å². The molecule has 6 nitrogen and oxygen atoms in total. The molecule has 19 heavy (non-hydrogen) atoms. The molecule has 0 aliphatic carbocycles. The van der Waals surface area contributed by atoms with E-state index in [2.05, 4.69) is 10.3 Å². The van der Waals surface area contributed by atoms with Gasteiger partial charge in [0.05, 0.1) is 0 Å². The summed E-state index contributed by atoms with van der Waals surface area (Å²) in [6.45, 7) is 1.69. The Bertz CT molecular complexity index is 461. The summed E-state index contributed by atoms with van der Waals surface area (Å²) in [5.41, 5.74) is 0.376. The Morgan fingerprint density at radius 2 is 2.21 bits per heavy atom. The van der Waals surface area contributed by atoms with Crippen molar-refractivity contribution in [1.82, 2.24) is 20.1 Å². The van der Waals surface area contributed by atoms with Crippen LogP contribution in [0.3, 0.4) is 0 Å². The first-order chi connectivity index (χ1) is 9.11.